The highest BCUT2D eigenvalue weighted by Crippen LogP contribution is 2.35. The van der Waals surface area contributed by atoms with Gasteiger partial charge < -0.3 is 4.74 Å². The highest BCUT2D eigenvalue weighted by molar-refractivity contribution is 6.42. The van der Waals surface area contributed by atoms with Crippen LogP contribution in [0.15, 0.2) is 60.7 Å². The molecule has 5 aromatic rings. The first-order valence-electron chi connectivity index (χ1n) is 8.73. The maximum Gasteiger partial charge on any atom is 0.310 e. The molecule has 5 rings (SSSR count). The van der Waals surface area contributed by atoms with Crippen LogP contribution in [0.5, 0.6) is 11.8 Å². The van der Waals surface area contributed by atoms with Gasteiger partial charge in [-0.15, -0.1) is 10.2 Å². The van der Waals surface area contributed by atoms with Gasteiger partial charge in [0.1, 0.15) is 5.75 Å². The summed E-state index contributed by atoms with van der Waals surface area (Å²) in [5.74, 6) is 0.904. The minimum Gasteiger partial charge on any atom is -0.424 e. The zero-order valence-electron chi connectivity index (χ0n) is 15.0. The number of para-hydroxylation sites is 1. The number of hydrogen-bond donors (Lipinski definition) is 0. The lowest BCUT2D eigenvalue weighted by Gasteiger charge is -2.12. The third-order valence-corrected chi connectivity index (χ3v) is 5.76. The van der Waals surface area contributed by atoms with Crippen LogP contribution in [0.4, 0.5) is 0 Å². The van der Waals surface area contributed by atoms with Crippen molar-refractivity contribution in [3.8, 4) is 23.1 Å². The summed E-state index contributed by atoms with van der Waals surface area (Å²) in [5, 5.41) is 11.3. The minimum absolute atomic E-state index is 0.249. The standard InChI is InChI=1S/C21H10Cl4N4O/c22-12-6-8-18(16(25)10-12)30-21-26-17-4-2-1-3-13(17)20-28-27-19(29(20)21)11-5-7-14(23)15(24)9-11/h1-10H. The Morgan fingerprint density at radius 3 is 2.40 bits per heavy atom. The van der Waals surface area contributed by atoms with Crippen LogP contribution in [0.3, 0.4) is 0 Å². The first-order valence-corrected chi connectivity index (χ1v) is 10.2. The summed E-state index contributed by atoms with van der Waals surface area (Å²) >= 11 is 24.6. The van der Waals surface area contributed by atoms with Crippen molar-refractivity contribution >= 4 is 63.0 Å². The van der Waals surface area contributed by atoms with Gasteiger partial charge in [0.15, 0.2) is 11.5 Å². The molecule has 5 nitrogen and oxygen atoms in total. The molecule has 30 heavy (non-hydrogen) atoms. The Bertz CT molecular complexity index is 1430. The van der Waals surface area contributed by atoms with E-state index in [-0.39, 0.29) is 6.01 Å². The SMILES string of the molecule is Clc1ccc(Oc2nc3ccccc3c3nnc(-c4ccc(Cl)c(Cl)c4)n23)c(Cl)c1. The molecule has 0 radical (unpaired) electrons. The van der Waals surface area contributed by atoms with Gasteiger partial charge in [0, 0.05) is 16.0 Å². The minimum atomic E-state index is 0.249. The van der Waals surface area contributed by atoms with E-state index in [1.165, 1.54) is 0 Å². The molecule has 0 unspecified atom stereocenters. The van der Waals surface area contributed by atoms with Crippen LogP contribution in [0, 0.1) is 0 Å². The van der Waals surface area contributed by atoms with Gasteiger partial charge in [-0.05, 0) is 48.5 Å². The normalized spacial score (nSPS) is 11.3. The number of benzene rings is 3. The van der Waals surface area contributed by atoms with E-state index in [1.807, 2.05) is 24.3 Å². The molecule has 0 fully saturated rings. The number of ether oxygens (including phenoxy) is 1. The summed E-state index contributed by atoms with van der Waals surface area (Å²) < 4.78 is 7.80. The zero-order valence-corrected chi connectivity index (χ0v) is 18.0. The fraction of sp³-hybridized carbons (Fsp3) is 0. The van der Waals surface area contributed by atoms with E-state index in [4.69, 9.17) is 51.1 Å². The largest absolute Gasteiger partial charge is 0.424 e. The Hall–Kier alpha value is -2.57. The summed E-state index contributed by atoms with van der Waals surface area (Å²) in [4.78, 5) is 4.67. The Morgan fingerprint density at radius 2 is 1.60 bits per heavy atom. The van der Waals surface area contributed by atoms with Gasteiger partial charge in [0.05, 0.1) is 20.6 Å². The third kappa shape index (κ3) is 3.34. The van der Waals surface area contributed by atoms with Crippen LogP contribution in [-0.2, 0) is 0 Å². The molecule has 3 aromatic carbocycles. The average molecular weight is 476 g/mol. The second-order valence-corrected chi connectivity index (χ2v) is 8.06. The monoisotopic (exact) mass is 474 g/mol. The second kappa shape index (κ2) is 7.60. The Kier molecular flexibility index (Phi) is 4.91. The summed E-state index contributed by atoms with van der Waals surface area (Å²) in [6.45, 7) is 0. The second-order valence-electron chi connectivity index (χ2n) is 6.40. The number of fused-ring (bicyclic) bond motifs is 3. The molecule has 0 aliphatic rings. The topological polar surface area (TPSA) is 52.3 Å². The molecule has 0 N–H and O–H groups in total. The van der Waals surface area contributed by atoms with Crippen LogP contribution < -0.4 is 4.74 Å². The summed E-state index contributed by atoms with van der Waals surface area (Å²) in [6, 6.07) is 18.0. The number of rotatable bonds is 3. The van der Waals surface area contributed by atoms with Crippen LogP contribution in [0.2, 0.25) is 20.1 Å². The van der Waals surface area contributed by atoms with Crippen molar-refractivity contribution in [1.29, 1.82) is 0 Å². The maximum absolute atomic E-state index is 6.31. The highest BCUT2D eigenvalue weighted by Gasteiger charge is 2.19. The number of hydrogen-bond acceptors (Lipinski definition) is 4. The Labute approximate surface area is 190 Å². The molecular weight excluding hydrogens is 466 g/mol. The smallest absolute Gasteiger partial charge is 0.310 e. The van der Waals surface area contributed by atoms with Crippen molar-refractivity contribution in [2.24, 2.45) is 0 Å². The van der Waals surface area contributed by atoms with Crippen molar-refractivity contribution in [1.82, 2.24) is 19.6 Å². The van der Waals surface area contributed by atoms with Crippen molar-refractivity contribution in [3.05, 3.63) is 80.8 Å². The molecule has 0 amide bonds. The molecule has 148 valence electrons. The van der Waals surface area contributed by atoms with Crippen LogP contribution in [0.25, 0.3) is 27.9 Å². The summed E-state index contributed by atoms with van der Waals surface area (Å²) in [6.07, 6.45) is 0. The molecule has 0 aliphatic heterocycles. The van der Waals surface area contributed by atoms with Gasteiger partial charge in [0.2, 0.25) is 0 Å². The number of aromatic nitrogens is 4. The van der Waals surface area contributed by atoms with Crippen LogP contribution in [0.1, 0.15) is 0 Å². The van der Waals surface area contributed by atoms with Gasteiger partial charge in [-0.2, -0.15) is 4.98 Å². The van der Waals surface area contributed by atoms with Gasteiger partial charge >= 0.3 is 6.01 Å². The molecule has 0 spiro atoms. The Morgan fingerprint density at radius 1 is 0.767 bits per heavy atom. The average Bonchev–Trinajstić information content (AvgIpc) is 3.18. The van der Waals surface area contributed by atoms with E-state index in [9.17, 15) is 0 Å². The quantitative estimate of drug-likeness (QED) is 0.273. The number of nitrogens with zero attached hydrogens (tertiary/aromatic N) is 4. The van der Waals surface area contributed by atoms with Gasteiger partial charge in [-0.25, -0.2) is 4.40 Å². The van der Waals surface area contributed by atoms with E-state index in [2.05, 4.69) is 15.2 Å². The fourth-order valence-corrected chi connectivity index (χ4v) is 3.85. The van der Waals surface area contributed by atoms with E-state index >= 15 is 0 Å². The summed E-state index contributed by atoms with van der Waals surface area (Å²) in [7, 11) is 0. The van der Waals surface area contributed by atoms with Crippen LogP contribution in [-0.4, -0.2) is 19.6 Å². The molecule has 0 saturated carbocycles. The Balaban J connectivity index is 1.78. The predicted molar refractivity (Wildman–Crippen MR) is 120 cm³/mol. The molecule has 0 bridgehead atoms. The van der Waals surface area contributed by atoms with Gasteiger partial charge in [0.25, 0.3) is 0 Å². The molecule has 9 heteroatoms. The van der Waals surface area contributed by atoms with E-state index < -0.39 is 0 Å². The van der Waals surface area contributed by atoms with Crippen molar-refractivity contribution in [3.63, 3.8) is 0 Å². The maximum atomic E-state index is 6.31. The molecule has 0 saturated heterocycles. The predicted octanol–water partition coefficient (Wildman–Crippen LogP) is 7.35. The fourth-order valence-electron chi connectivity index (χ4n) is 3.10. The molecular formula is C21H10Cl4N4O. The van der Waals surface area contributed by atoms with Gasteiger partial charge in [-0.1, -0.05) is 58.5 Å². The van der Waals surface area contributed by atoms with E-state index in [0.717, 1.165) is 5.39 Å². The molecule has 0 aliphatic carbocycles. The molecule has 0 atom stereocenters. The van der Waals surface area contributed by atoms with Crippen molar-refractivity contribution < 1.29 is 4.74 Å². The summed E-state index contributed by atoms with van der Waals surface area (Å²) in [5.41, 5.74) is 2.00. The van der Waals surface area contributed by atoms with E-state index in [1.54, 1.807) is 40.8 Å². The lowest BCUT2D eigenvalue weighted by Crippen LogP contribution is -2.01. The van der Waals surface area contributed by atoms with Gasteiger partial charge in [-0.3, -0.25) is 0 Å². The molecule has 2 aromatic heterocycles. The first kappa shape index (κ1) is 19.4. The number of halogens is 4. The lowest BCUT2D eigenvalue weighted by molar-refractivity contribution is 0.438. The molecule has 2 heterocycles. The highest BCUT2D eigenvalue weighted by atomic mass is 35.5. The van der Waals surface area contributed by atoms with Crippen molar-refractivity contribution in [2.75, 3.05) is 0 Å². The third-order valence-electron chi connectivity index (χ3n) is 4.49. The zero-order chi connectivity index (χ0) is 20.8. The lowest BCUT2D eigenvalue weighted by atomic mass is 10.2. The first-order chi connectivity index (χ1) is 14.5. The van der Waals surface area contributed by atoms with Crippen LogP contribution >= 0.6 is 46.4 Å². The van der Waals surface area contributed by atoms with Crippen molar-refractivity contribution in [2.45, 2.75) is 0 Å². The van der Waals surface area contributed by atoms with E-state index in [0.29, 0.717) is 48.4 Å².